The number of aliphatic hydroxyl groups excluding tert-OH is 1. The Bertz CT molecular complexity index is 252. The van der Waals surface area contributed by atoms with Crippen molar-refractivity contribution in [2.45, 2.75) is 0 Å². The van der Waals surface area contributed by atoms with E-state index in [4.69, 9.17) is 5.11 Å². The van der Waals surface area contributed by atoms with Gasteiger partial charge in [-0.2, -0.15) is 0 Å². The van der Waals surface area contributed by atoms with Crippen LogP contribution in [0.5, 0.6) is 0 Å². The van der Waals surface area contributed by atoms with Gasteiger partial charge in [0.1, 0.15) is 0 Å². The van der Waals surface area contributed by atoms with E-state index in [2.05, 4.69) is 15.9 Å². The van der Waals surface area contributed by atoms with Crippen molar-refractivity contribution in [3.63, 3.8) is 0 Å². The molecule has 0 aliphatic rings. The SMILES string of the molecule is CN(CCO)c1cccc(Br)c1. The van der Waals surface area contributed by atoms with Crippen LogP contribution in [0.4, 0.5) is 5.69 Å². The molecule has 0 fully saturated rings. The summed E-state index contributed by atoms with van der Waals surface area (Å²) in [6.07, 6.45) is 0. The topological polar surface area (TPSA) is 23.5 Å². The highest BCUT2D eigenvalue weighted by Crippen LogP contribution is 2.18. The highest BCUT2D eigenvalue weighted by Gasteiger charge is 1.98. The molecule has 12 heavy (non-hydrogen) atoms. The molecule has 1 rings (SSSR count). The van der Waals surface area contributed by atoms with Crippen molar-refractivity contribution in [1.82, 2.24) is 0 Å². The number of likely N-dealkylation sites (N-methyl/N-ethyl adjacent to an activating group) is 1. The van der Waals surface area contributed by atoms with Gasteiger partial charge < -0.3 is 10.0 Å². The normalized spacial score (nSPS) is 9.92. The Labute approximate surface area is 80.9 Å². The molecule has 0 spiro atoms. The molecule has 0 unspecified atom stereocenters. The zero-order valence-electron chi connectivity index (χ0n) is 7.00. The van der Waals surface area contributed by atoms with E-state index in [1.54, 1.807) is 0 Å². The van der Waals surface area contributed by atoms with E-state index in [0.29, 0.717) is 6.54 Å². The fourth-order valence-electron chi connectivity index (χ4n) is 0.993. The Balaban J connectivity index is 2.73. The lowest BCUT2D eigenvalue weighted by atomic mass is 10.3. The maximum atomic E-state index is 8.71. The number of rotatable bonds is 3. The van der Waals surface area contributed by atoms with Crippen molar-refractivity contribution in [3.8, 4) is 0 Å². The average Bonchev–Trinajstić information content (AvgIpc) is 2.05. The van der Waals surface area contributed by atoms with Crippen molar-refractivity contribution < 1.29 is 5.11 Å². The lowest BCUT2D eigenvalue weighted by molar-refractivity contribution is 0.304. The maximum Gasteiger partial charge on any atom is 0.0606 e. The number of hydrogen-bond donors (Lipinski definition) is 1. The highest BCUT2D eigenvalue weighted by atomic mass is 79.9. The number of halogens is 1. The summed E-state index contributed by atoms with van der Waals surface area (Å²) in [5, 5.41) is 8.71. The molecule has 0 saturated carbocycles. The van der Waals surface area contributed by atoms with Crippen LogP contribution in [0, 0.1) is 0 Å². The smallest absolute Gasteiger partial charge is 0.0606 e. The third kappa shape index (κ3) is 2.50. The molecular weight excluding hydrogens is 218 g/mol. The predicted octanol–water partition coefficient (Wildman–Crippen LogP) is 1.88. The van der Waals surface area contributed by atoms with Crippen molar-refractivity contribution >= 4 is 21.6 Å². The van der Waals surface area contributed by atoms with Crippen molar-refractivity contribution in [1.29, 1.82) is 0 Å². The van der Waals surface area contributed by atoms with E-state index in [1.807, 2.05) is 36.2 Å². The molecule has 0 atom stereocenters. The van der Waals surface area contributed by atoms with Crippen LogP contribution >= 0.6 is 15.9 Å². The molecule has 1 N–H and O–H groups in total. The maximum absolute atomic E-state index is 8.71. The third-order valence-electron chi connectivity index (χ3n) is 1.68. The van der Waals surface area contributed by atoms with Gasteiger partial charge in [-0.3, -0.25) is 0 Å². The highest BCUT2D eigenvalue weighted by molar-refractivity contribution is 9.10. The molecule has 2 nitrogen and oxygen atoms in total. The standard InChI is InChI=1S/C9H12BrNO/c1-11(5-6-12)9-4-2-3-8(10)7-9/h2-4,7,12H,5-6H2,1H3. The van der Waals surface area contributed by atoms with E-state index in [0.717, 1.165) is 10.2 Å². The zero-order chi connectivity index (χ0) is 8.97. The van der Waals surface area contributed by atoms with E-state index in [9.17, 15) is 0 Å². The van der Waals surface area contributed by atoms with E-state index in [1.165, 1.54) is 0 Å². The van der Waals surface area contributed by atoms with Crippen LogP contribution in [0.1, 0.15) is 0 Å². The largest absolute Gasteiger partial charge is 0.395 e. The van der Waals surface area contributed by atoms with Gasteiger partial charge in [0.2, 0.25) is 0 Å². The fourth-order valence-corrected chi connectivity index (χ4v) is 1.38. The molecule has 0 aromatic heterocycles. The van der Waals surface area contributed by atoms with Gasteiger partial charge in [-0.1, -0.05) is 22.0 Å². The van der Waals surface area contributed by atoms with Gasteiger partial charge in [0.15, 0.2) is 0 Å². The van der Waals surface area contributed by atoms with Crippen LogP contribution < -0.4 is 4.90 Å². The minimum absolute atomic E-state index is 0.184. The van der Waals surface area contributed by atoms with E-state index in [-0.39, 0.29) is 6.61 Å². The summed E-state index contributed by atoms with van der Waals surface area (Å²) in [7, 11) is 1.96. The second-order valence-corrected chi connectivity index (χ2v) is 3.54. The lowest BCUT2D eigenvalue weighted by Crippen LogP contribution is -2.20. The Kier molecular flexibility index (Phi) is 3.56. The second kappa shape index (κ2) is 4.48. The average molecular weight is 230 g/mol. The first-order valence-electron chi connectivity index (χ1n) is 3.81. The summed E-state index contributed by atoms with van der Waals surface area (Å²) in [4.78, 5) is 2.00. The molecule has 0 radical (unpaired) electrons. The molecule has 3 heteroatoms. The van der Waals surface area contributed by atoms with Gasteiger partial charge in [-0.25, -0.2) is 0 Å². The quantitative estimate of drug-likeness (QED) is 0.856. The monoisotopic (exact) mass is 229 g/mol. The van der Waals surface area contributed by atoms with Gasteiger partial charge in [0, 0.05) is 23.8 Å². The minimum atomic E-state index is 0.184. The zero-order valence-corrected chi connectivity index (χ0v) is 8.58. The first-order valence-corrected chi connectivity index (χ1v) is 4.61. The lowest BCUT2D eigenvalue weighted by Gasteiger charge is -2.17. The number of benzene rings is 1. The first-order chi connectivity index (χ1) is 5.74. The number of nitrogens with zero attached hydrogens (tertiary/aromatic N) is 1. The van der Waals surface area contributed by atoms with Gasteiger partial charge in [0.05, 0.1) is 6.61 Å². The summed E-state index contributed by atoms with van der Waals surface area (Å²) in [6.45, 7) is 0.847. The van der Waals surface area contributed by atoms with Gasteiger partial charge in [-0.05, 0) is 18.2 Å². The van der Waals surface area contributed by atoms with Crippen LogP contribution in [0.15, 0.2) is 28.7 Å². The molecule has 0 aliphatic carbocycles. The predicted molar refractivity (Wildman–Crippen MR) is 54.5 cm³/mol. The van der Waals surface area contributed by atoms with Gasteiger partial charge in [0.25, 0.3) is 0 Å². The molecule has 1 aromatic carbocycles. The van der Waals surface area contributed by atoms with Crippen LogP contribution in [0.3, 0.4) is 0 Å². The van der Waals surface area contributed by atoms with Crippen molar-refractivity contribution in [3.05, 3.63) is 28.7 Å². The van der Waals surface area contributed by atoms with E-state index >= 15 is 0 Å². The molecule has 0 saturated heterocycles. The fraction of sp³-hybridized carbons (Fsp3) is 0.333. The van der Waals surface area contributed by atoms with Gasteiger partial charge >= 0.3 is 0 Å². The first kappa shape index (κ1) is 9.55. The van der Waals surface area contributed by atoms with Crippen molar-refractivity contribution in [2.24, 2.45) is 0 Å². The molecule has 66 valence electrons. The third-order valence-corrected chi connectivity index (χ3v) is 2.18. The Morgan fingerprint density at radius 2 is 2.25 bits per heavy atom. The number of hydrogen-bond acceptors (Lipinski definition) is 2. The summed E-state index contributed by atoms with van der Waals surface area (Å²) < 4.78 is 1.06. The molecule has 0 aliphatic heterocycles. The summed E-state index contributed by atoms with van der Waals surface area (Å²) >= 11 is 3.39. The number of anilines is 1. The molecule has 1 aromatic rings. The van der Waals surface area contributed by atoms with Crippen molar-refractivity contribution in [2.75, 3.05) is 25.1 Å². The van der Waals surface area contributed by atoms with Crippen LogP contribution in [0.25, 0.3) is 0 Å². The minimum Gasteiger partial charge on any atom is -0.395 e. The van der Waals surface area contributed by atoms with E-state index < -0.39 is 0 Å². The van der Waals surface area contributed by atoms with Crippen LogP contribution in [-0.2, 0) is 0 Å². The summed E-state index contributed by atoms with van der Waals surface area (Å²) in [5.41, 5.74) is 1.11. The Morgan fingerprint density at radius 3 is 2.83 bits per heavy atom. The van der Waals surface area contributed by atoms with Crippen LogP contribution in [-0.4, -0.2) is 25.3 Å². The Morgan fingerprint density at radius 1 is 1.50 bits per heavy atom. The van der Waals surface area contributed by atoms with Crippen LogP contribution in [0.2, 0.25) is 0 Å². The number of aliphatic hydroxyl groups is 1. The van der Waals surface area contributed by atoms with Gasteiger partial charge in [-0.15, -0.1) is 0 Å². The summed E-state index contributed by atoms with van der Waals surface area (Å²) in [5.74, 6) is 0. The Hall–Kier alpha value is -0.540. The molecular formula is C9H12BrNO. The molecule has 0 heterocycles. The molecule has 0 amide bonds. The molecule has 0 bridgehead atoms. The summed E-state index contributed by atoms with van der Waals surface area (Å²) in [6, 6.07) is 8.00. The second-order valence-electron chi connectivity index (χ2n) is 2.63.